The fraction of sp³-hybridized carbons (Fsp3) is 0.351. The molecular formula is C37H44O8. The van der Waals surface area contributed by atoms with E-state index in [0.717, 1.165) is 67.1 Å². The number of benzene rings is 4. The predicted molar refractivity (Wildman–Crippen MR) is 175 cm³/mol. The summed E-state index contributed by atoms with van der Waals surface area (Å²) in [6.45, 7) is 3.82. The minimum absolute atomic E-state index is 0.0766. The van der Waals surface area contributed by atoms with Gasteiger partial charge in [-0.2, -0.15) is 0 Å². The number of aliphatic hydroxyl groups is 2. The Balaban J connectivity index is 1.85. The van der Waals surface area contributed by atoms with Crippen molar-refractivity contribution in [2.75, 3.05) is 42.7 Å². The molecule has 0 atom stereocenters. The summed E-state index contributed by atoms with van der Waals surface area (Å²) in [4.78, 5) is 0. The standard InChI is InChI=1S/C37H44O8/c1-22-13-27(36(44-7)30(32(22)21-39)17-25-10-9-24(20-38)15-33(25)41-4)16-28-14-23(2)35(43-6)31(37(28)45-8)18-26-11-12-29(40-3)19-34(26)42-5/h9-15,19,38-39H,16-18,20-21H2,1-8H3. The van der Waals surface area contributed by atoms with Crippen molar-refractivity contribution in [2.24, 2.45) is 0 Å². The van der Waals surface area contributed by atoms with Crippen LogP contribution in [-0.4, -0.2) is 52.9 Å². The predicted octanol–water partition coefficient (Wildman–Crippen LogP) is 6.11. The fourth-order valence-corrected chi connectivity index (χ4v) is 6.15. The lowest BCUT2D eigenvalue weighted by Gasteiger charge is -2.23. The number of rotatable bonds is 14. The van der Waals surface area contributed by atoms with Gasteiger partial charge in [0.15, 0.2) is 0 Å². The van der Waals surface area contributed by atoms with Crippen molar-refractivity contribution >= 4 is 0 Å². The van der Waals surface area contributed by atoms with Crippen LogP contribution in [0.4, 0.5) is 0 Å². The summed E-state index contributed by atoms with van der Waals surface area (Å²) >= 11 is 0. The Bertz CT molecular complexity index is 1520. The zero-order valence-electron chi connectivity index (χ0n) is 27.5. The van der Waals surface area contributed by atoms with Crippen LogP contribution < -0.4 is 28.4 Å². The van der Waals surface area contributed by atoms with E-state index in [9.17, 15) is 10.2 Å². The van der Waals surface area contributed by atoms with Crippen LogP contribution in [0.25, 0.3) is 0 Å². The molecule has 8 nitrogen and oxygen atoms in total. The molecule has 4 aromatic rings. The van der Waals surface area contributed by atoms with Crippen LogP contribution in [0.2, 0.25) is 0 Å². The zero-order valence-corrected chi connectivity index (χ0v) is 27.5. The van der Waals surface area contributed by atoms with Gasteiger partial charge in [0, 0.05) is 36.5 Å². The zero-order chi connectivity index (χ0) is 32.7. The van der Waals surface area contributed by atoms with E-state index in [2.05, 4.69) is 12.1 Å². The van der Waals surface area contributed by atoms with E-state index in [-0.39, 0.29) is 13.2 Å². The number of hydrogen-bond acceptors (Lipinski definition) is 8. The van der Waals surface area contributed by atoms with E-state index >= 15 is 0 Å². The van der Waals surface area contributed by atoms with Crippen molar-refractivity contribution in [3.05, 3.63) is 104 Å². The monoisotopic (exact) mass is 616 g/mol. The third kappa shape index (κ3) is 6.97. The van der Waals surface area contributed by atoms with Crippen LogP contribution in [-0.2, 0) is 32.5 Å². The summed E-state index contributed by atoms with van der Waals surface area (Å²) in [6, 6.07) is 15.6. The number of aliphatic hydroxyl groups excluding tert-OH is 2. The molecule has 0 amide bonds. The molecule has 0 saturated heterocycles. The second-order valence-electron chi connectivity index (χ2n) is 10.9. The van der Waals surface area contributed by atoms with Crippen molar-refractivity contribution in [3.8, 4) is 34.5 Å². The fourth-order valence-electron chi connectivity index (χ4n) is 6.15. The van der Waals surface area contributed by atoms with Crippen LogP contribution in [0.3, 0.4) is 0 Å². The maximum atomic E-state index is 10.4. The van der Waals surface area contributed by atoms with E-state index in [1.807, 2.05) is 50.2 Å². The molecule has 0 aliphatic carbocycles. The Morgan fingerprint density at radius 3 is 1.58 bits per heavy atom. The van der Waals surface area contributed by atoms with E-state index < -0.39 is 0 Å². The second-order valence-corrected chi connectivity index (χ2v) is 10.9. The first-order valence-electron chi connectivity index (χ1n) is 14.8. The van der Waals surface area contributed by atoms with Crippen LogP contribution in [0, 0.1) is 13.8 Å². The van der Waals surface area contributed by atoms with Gasteiger partial charge < -0.3 is 38.6 Å². The number of aryl methyl sites for hydroxylation is 2. The lowest BCUT2D eigenvalue weighted by atomic mass is 9.88. The van der Waals surface area contributed by atoms with Gasteiger partial charge in [-0.25, -0.2) is 0 Å². The highest BCUT2D eigenvalue weighted by atomic mass is 16.5. The highest BCUT2D eigenvalue weighted by Gasteiger charge is 2.24. The number of hydrogen-bond donors (Lipinski definition) is 2. The molecule has 0 radical (unpaired) electrons. The first-order chi connectivity index (χ1) is 21.8. The first kappa shape index (κ1) is 33.5. The molecule has 2 N–H and O–H groups in total. The van der Waals surface area contributed by atoms with Gasteiger partial charge in [-0.05, 0) is 76.6 Å². The van der Waals surface area contributed by atoms with E-state index in [1.54, 1.807) is 42.7 Å². The molecule has 8 heteroatoms. The molecule has 0 fully saturated rings. The van der Waals surface area contributed by atoms with E-state index in [0.29, 0.717) is 42.3 Å². The molecule has 0 aliphatic rings. The third-order valence-electron chi connectivity index (χ3n) is 8.30. The largest absolute Gasteiger partial charge is 0.497 e. The number of ether oxygens (including phenoxy) is 6. The minimum atomic E-state index is -0.131. The molecule has 45 heavy (non-hydrogen) atoms. The molecule has 4 rings (SSSR count). The van der Waals surface area contributed by atoms with E-state index in [4.69, 9.17) is 28.4 Å². The van der Waals surface area contributed by atoms with Crippen molar-refractivity contribution in [1.82, 2.24) is 0 Å². The van der Waals surface area contributed by atoms with Gasteiger partial charge in [0.2, 0.25) is 0 Å². The van der Waals surface area contributed by atoms with Gasteiger partial charge in [0.1, 0.15) is 34.5 Å². The van der Waals surface area contributed by atoms with E-state index in [1.165, 1.54) is 0 Å². The SMILES string of the molecule is COc1ccc(Cc2c(OC)c(C)cc(Cc3cc(C)c(CO)c(Cc4ccc(CO)cc4OC)c3OC)c2OC)c(OC)c1. The second kappa shape index (κ2) is 15.1. The Morgan fingerprint density at radius 1 is 0.467 bits per heavy atom. The van der Waals surface area contributed by atoms with Crippen LogP contribution in [0.1, 0.15) is 55.6 Å². The molecule has 0 aliphatic heterocycles. The Hall–Kier alpha value is -4.40. The molecule has 0 aromatic heterocycles. The Labute approximate surface area is 266 Å². The van der Waals surface area contributed by atoms with Crippen molar-refractivity contribution in [1.29, 1.82) is 0 Å². The quantitative estimate of drug-likeness (QED) is 0.175. The lowest BCUT2D eigenvalue weighted by Crippen LogP contribution is -2.09. The van der Waals surface area contributed by atoms with Crippen molar-refractivity contribution in [2.45, 2.75) is 46.3 Å². The summed E-state index contributed by atoms with van der Waals surface area (Å²) < 4.78 is 34.8. The van der Waals surface area contributed by atoms with Crippen molar-refractivity contribution < 1.29 is 38.6 Å². The summed E-state index contributed by atoms with van der Waals surface area (Å²) in [5, 5.41) is 20.1. The van der Waals surface area contributed by atoms with Crippen molar-refractivity contribution in [3.63, 3.8) is 0 Å². The molecule has 240 valence electrons. The lowest BCUT2D eigenvalue weighted by molar-refractivity contribution is 0.278. The normalized spacial score (nSPS) is 10.9. The van der Waals surface area contributed by atoms with Gasteiger partial charge >= 0.3 is 0 Å². The van der Waals surface area contributed by atoms with Gasteiger partial charge in [0.25, 0.3) is 0 Å². The molecule has 0 saturated carbocycles. The third-order valence-corrected chi connectivity index (χ3v) is 8.30. The molecule has 0 bridgehead atoms. The molecule has 0 spiro atoms. The van der Waals surface area contributed by atoms with Gasteiger partial charge in [-0.1, -0.05) is 24.3 Å². The topological polar surface area (TPSA) is 95.8 Å². The molecule has 4 aromatic carbocycles. The highest BCUT2D eigenvalue weighted by Crippen LogP contribution is 2.42. The van der Waals surface area contributed by atoms with Gasteiger partial charge in [0.05, 0.1) is 55.9 Å². The maximum Gasteiger partial charge on any atom is 0.129 e. The molecule has 0 unspecified atom stereocenters. The summed E-state index contributed by atoms with van der Waals surface area (Å²) in [6.07, 6.45) is 1.51. The number of methoxy groups -OCH3 is 6. The van der Waals surface area contributed by atoms with Gasteiger partial charge in [-0.3, -0.25) is 0 Å². The average molecular weight is 617 g/mol. The summed E-state index contributed by atoms with van der Waals surface area (Å²) in [5.74, 6) is 4.28. The Kier molecular flexibility index (Phi) is 11.2. The van der Waals surface area contributed by atoms with Crippen LogP contribution in [0.15, 0.2) is 48.5 Å². The minimum Gasteiger partial charge on any atom is -0.497 e. The summed E-state index contributed by atoms with van der Waals surface area (Å²) in [5.41, 5.74) is 9.14. The smallest absolute Gasteiger partial charge is 0.129 e. The van der Waals surface area contributed by atoms with Gasteiger partial charge in [-0.15, -0.1) is 0 Å². The molecular weight excluding hydrogens is 572 g/mol. The van der Waals surface area contributed by atoms with Crippen LogP contribution >= 0.6 is 0 Å². The highest BCUT2D eigenvalue weighted by molar-refractivity contribution is 5.61. The average Bonchev–Trinajstić information content (AvgIpc) is 3.05. The summed E-state index contributed by atoms with van der Waals surface area (Å²) in [7, 11) is 9.89. The molecule has 0 heterocycles. The first-order valence-corrected chi connectivity index (χ1v) is 14.8. The Morgan fingerprint density at radius 2 is 1.02 bits per heavy atom. The maximum absolute atomic E-state index is 10.4. The van der Waals surface area contributed by atoms with Crippen LogP contribution in [0.5, 0.6) is 34.5 Å².